The van der Waals surface area contributed by atoms with Crippen LogP contribution >= 0.6 is 0 Å². The first-order chi connectivity index (χ1) is 14.5. The van der Waals surface area contributed by atoms with Crippen LogP contribution in [0, 0.1) is 5.92 Å². The number of imide groups is 1. The highest BCUT2D eigenvalue weighted by Crippen LogP contribution is 2.25. The highest BCUT2D eigenvalue weighted by Gasteiger charge is 2.35. The van der Waals surface area contributed by atoms with Gasteiger partial charge in [0.15, 0.2) is 0 Å². The molecule has 3 N–H and O–H groups in total. The number of nitrogens with two attached hydrogens (primary N) is 1. The Balaban J connectivity index is 1.78. The van der Waals surface area contributed by atoms with Gasteiger partial charge in [0.1, 0.15) is 0 Å². The van der Waals surface area contributed by atoms with Crippen LogP contribution in [-0.4, -0.2) is 37.6 Å². The standard InChI is InChI=1S/C22H25N3O5S/c1-13(2)9-10-25-21(27)18-8-7-16(12-19(18)22(25)28)20(26)24-14(3)15-5-4-6-17(11-15)31(23,29)30/h4-8,11-14H,9-10H2,1-3H3,(H,24,26)(H2,23,29,30)/t14-/m0/s1. The fourth-order valence-corrected chi connectivity index (χ4v) is 3.92. The van der Waals surface area contributed by atoms with Crippen LogP contribution in [0.1, 0.15) is 69.9 Å². The third kappa shape index (κ3) is 4.83. The predicted molar refractivity (Wildman–Crippen MR) is 115 cm³/mol. The van der Waals surface area contributed by atoms with Gasteiger partial charge in [0.2, 0.25) is 10.0 Å². The Bertz CT molecular complexity index is 1160. The number of hydrogen-bond acceptors (Lipinski definition) is 5. The van der Waals surface area contributed by atoms with Gasteiger partial charge in [-0.25, -0.2) is 13.6 Å². The van der Waals surface area contributed by atoms with Gasteiger partial charge in [-0.2, -0.15) is 0 Å². The van der Waals surface area contributed by atoms with Crippen molar-refractivity contribution in [2.24, 2.45) is 11.1 Å². The minimum atomic E-state index is -3.86. The number of benzene rings is 2. The molecule has 31 heavy (non-hydrogen) atoms. The molecule has 0 aliphatic carbocycles. The van der Waals surface area contributed by atoms with Crippen LogP contribution in [0.25, 0.3) is 0 Å². The van der Waals surface area contributed by atoms with Crippen molar-refractivity contribution in [3.05, 3.63) is 64.7 Å². The monoisotopic (exact) mass is 443 g/mol. The van der Waals surface area contributed by atoms with E-state index in [4.69, 9.17) is 5.14 Å². The molecule has 1 atom stereocenters. The van der Waals surface area contributed by atoms with Crippen molar-refractivity contribution < 1.29 is 22.8 Å². The molecule has 0 bridgehead atoms. The van der Waals surface area contributed by atoms with Gasteiger partial charge in [-0.15, -0.1) is 0 Å². The summed E-state index contributed by atoms with van der Waals surface area (Å²) in [6.45, 7) is 6.07. The van der Waals surface area contributed by atoms with Crippen LogP contribution in [-0.2, 0) is 10.0 Å². The Morgan fingerprint density at radius 3 is 2.35 bits per heavy atom. The lowest BCUT2D eigenvalue weighted by molar-refractivity contribution is 0.0647. The Morgan fingerprint density at radius 1 is 1.03 bits per heavy atom. The quantitative estimate of drug-likeness (QED) is 0.636. The van der Waals surface area contributed by atoms with Gasteiger partial charge < -0.3 is 5.32 Å². The van der Waals surface area contributed by atoms with E-state index < -0.39 is 27.9 Å². The maximum Gasteiger partial charge on any atom is 0.261 e. The normalized spacial score (nSPS) is 14.7. The largest absolute Gasteiger partial charge is 0.346 e. The lowest BCUT2D eigenvalue weighted by Crippen LogP contribution is -2.31. The summed E-state index contributed by atoms with van der Waals surface area (Å²) >= 11 is 0. The topological polar surface area (TPSA) is 127 Å². The summed E-state index contributed by atoms with van der Waals surface area (Å²) in [6.07, 6.45) is 0.702. The van der Waals surface area contributed by atoms with Crippen molar-refractivity contribution >= 4 is 27.7 Å². The molecule has 164 valence electrons. The van der Waals surface area contributed by atoms with E-state index in [0.717, 1.165) is 0 Å². The molecule has 3 rings (SSSR count). The summed E-state index contributed by atoms with van der Waals surface area (Å²) in [7, 11) is -3.86. The maximum atomic E-state index is 12.7. The van der Waals surface area contributed by atoms with E-state index in [1.165, 1.54) is 35.2 Å². The maximum absolute atomic E-state index is 12.7. The predicted octanol–water partition coefficient (Wildman–Crippen LogP) is 2.47. The first-order valence-corrected chi connectivity index (χ1v) is 11.5. The lowest BCUT2D eigenvalue weighted by atomic mass is 10.0. The lowest BCUT2D eigenvalue weighted by Gasteiger charge is -2.15. The fraction of sp³-hybridized carbons (Fsp3) is 0.318. The molecule has 0 unspecified atom stereocenters. The smallest absolute Gasteiger partial charge is 0.261 e. The number of sulfonamides is 1. The Kier molecular flexibility index (Phi) is 6.28. The average molecular weight is 444 g/mol. The van der Waals surface area contributed by atoms with Crippen LogP contribution < -0.4 is 10.5 Å². The number of hydrogen-bond donors (Lipinski definition) is 2. The van der Waals surface area contributed by atoms with Gasteiger partial charge in [0, 0.05) is 12.1 Å². The molecule has 8 nitrogen and oxygen atoms in total. The van der Waals surface area contributed by atoms with Crippen molar-refractivity contribution in [3.8, 4) is 0 Å². The molecule has 1 aliphatic heterocycles. The minimum Gasteiger partial charge on any atom is -0.346 e. The van der Waals surface area contributed by atoms with E-state index in [0.29, 0.717) is 30.0 Å². The molecule has 0 saturated carbocycles. The third-order valence-corrected chi connectivity index (χ3v) is 6.11. The summed E-state index contributed by atoms with van der Waals surface area (Å²) in [5.74, 6) is -0.845. The number of nitrogens with one attached hydrogen (secondary N) is 1. The zero-order valence-corrected chi connectivity index (χ0v) is 18.4. The number of rotatable bonds is 7. The Hall–Kier alpha value is -3.04. The molecule has 9 heteroatoms. The second-order valence-corrected chi connectivity index (χ2v) is 9.58. The van der Waals surface area contributed by atoms with E-state index in [1.807, 2.05) is 13.8 Å². The number of primary sulfonamides is 1. The van der Waals surface area contributed by atoms with Crippen molar-refractivity contribution in [2.45, 2.75) is 38.1 Å². The minimum absolute atomic E-state index is 0.0470. The fourth-order valence-electron chi connectivity index (χ4n) is 3.35. The van der Waals surface area contributed by atoms with Crippen LogP contribution in [0.4, 0.5) is 0 Å². The number of carbonyl (C=O) groups excluding carboxylic acids is 3. The van der Waals surface area contributed by atoms with Crippen molar-refractivity contribution in [1.29, 1.82) is 0 Å². The molecular formula is C22H25N3O5S. The van der Waals surface area contributed by atoms with Crippen LogP contribution in [0.5, 0.6) is 0 Å². The summed E-state index contributed by atoms with van der Waals surface area (Å²) in [5.41, 5.74) is 1.30. The number of nitrogens with zero attached hydrogens (tertiary/aromatic N) is 1. The second kappa shape index (κ2) is 8.60. The highest BCUT2D eigenvalue weighted by molar-refractivity contribution is 7.89. The average Bonchev–Trinajstić information content (AvgIpc) is 2.95. The van der Waals surface area contributed by atoms with Gasteiger partial charge in [0.25, 0.3) is 17.7 Å². The van der Waals surface area contributed by atoms with Crippen molar-refractivity contribution in [1.82, 2.24) is 10.2 Å². The van der Waals surface area contributed by atoms with E-state index in [2.05, 4.69) is 5.32 Å². The zero-order valence-electron chi connectivity index (χ0n) is 17.6. The van der Waals surface area contributed by atoms with Gasteiger partial charge in [0.05, 0.1) is 22.1 Å². The zero-order chi connectivity index (χ0) is 22.9. The van der Waals surface area contributed by atoms with E-state index in [-0.39, 0.29) is 21.9 Å². The molecule has 0 aromatic heterocycles. The van der Waals surface area contributed by atoms with Gasteiger partial charge in [-0.1, -0.05) is 26.0 Å². The molecular weight excluding hydrogens is 418 g/mol. The van der Waals surface area contributed by atoms with Crippen molar-refractivity contribution in [3.63, 3.8) is 0 Å². The van der Waals surface area contributed by atoms with Gasteiger partial charge >= 0.3 is 0 Å². The molecule has 3 amide bonds. The molecule has 0 radical (unpaired) electrons. The molecule has 0 fully saturated rings. The SMILES string of the molecule is CC(C)CCN1C(=O)c2ccc(C(=O)N[C@@H](C)c3cccc(S(N)(=O)=O)c3)cc2C1=O. The van der Waals surface area contributed by atoms with Crippen molar-refractivity contribution in [2.75, 3.05) is 6.54 Å². The highest BCUT2D eigenvalue weighted by atomic mass is 32.2. The second-order valence-electron chi connectivity index (χ2n) is 8.02. The van der Waals surface area contributed by atoms with E-state index in [1.54, 1.807) is 19.1 Å². The molecule has 0 saturated heterocycles. The molecule has 2 aromatic carbocycles. The molecule has 1 heterocycles. The van der Waals surface area contributed by atoms with Crippen LogP contribution in [0.2, 0.25) is 0 Å². The first-order valence-electron chi connectivity index (χ1n) is 9.93. The summed E-state index contributed by atoms with van der Waals surface area (Å²) in [4.78, 5) is 39.1. The molecule has 2 aromatic rings. The Labute approximate surface area is 181 Å². The van der Waals surface area contributed by atoms with E-state index in [9.17, 15) is 22.8 Å². The van der Waals surface area contributed by atoms with Crippen LogP contribution in [0.15, 0.2) is 47.4 Å². The Morgan fingerprint density at radius 2 is 1.71 bits per heavy atom. The number of fused-ring (bicyclic) bond motifs is 1. The summed E-state index contributed by atoms with van der Waals surface area (Å²) < 4.78 is 23.1. The first kappa shape index (κ1) is 22.6. The van der Waals surface area contributed by atoms with Crippen LogP contribution in [0.3, 0.4) is 0 Å². The van der Waals surface area contributed by atoms with Gasteiger partial charge in [-0.3, -0.25) is 19.3 Å². The molecule has 1 aliphatic rings. The summed E-state index contributed by atoms with van der Waals surface area (Å²) in [5, 5.41) is 7.94. The van der Waals surface area contributed by atoms with E-state index >= 15 is 0 Å². The third-order valence-electron chi connectivity index (χ3n) is 5.20. The van der Waals surface area contributed by atoms with Gasteiger partial charge in [-0.05, 0) is 55.2 Å². The number of amides is 3. The number of carbonyl (C=O) groups is 3. The molecule has 0 spiro atoms. The summed E-state index contributed by atoms with van der Waals surface area (Å²) in [6, 6.07) is 9.90.